The van der Waals surface area contributed by atoms with Gasteiger partial charge in [-0.25, -0.2) is 0 Å². The maximum absolute atomic E-state index is 4.30. The molecule has 0 fully saturated rings. The number of hydrogen-bond donors (Lipinski definition) is 0. The molecule has 0 bridgehead atoms. The van der Waals surface area contributed by atoms with E-state index < -0.39 is 17.4 Å². The Balaban J connectivity index is 1.80. The van der Waals surface area contributed by atoms with Gasteiger partial charge in [-0.2, -0.15) is 0 Å². The van der Waals surface area contributed by atoms with Gasteiger partial charge in [0, 0.05) is 0 Å². The van der Waals surface area contributed by atoms with E-state index in [1.54, 1.807) is 18.7 Å². The fourth-order valence-electron chi connectivity index (χ4n) is 6.98. The third kappa shape index (κ3) is 3.27. The van der Waals surface area contributed by atoms with E-state index in [-0.39, 0.29) is 0 Å². The molecule has 0 radical (unpaired) electrons. The van der Waals surface area contributed by atoms with Crippen molar-refractivity contribution in [2.24, 2.45) is 0 Å². The molecular formula is C34H34SiZr. The summed E-state index contributed by atoms with van der Waals surface area (Å²) >= 11 is -4.30. The molecule has 6 rings (SSSR count). The molecular weight excluding hydrogens is 528 g/mol. The zero-order valence-corrected chi connectivity index (χ0v) is 25.7. The molecule has 4 aromatic carbocycles. The summed E-state index contributed by atoms with van der Waals surface area (Å²) in [5.74, 6) is 0. The maximum atomic E-state index is 2.48. The van der Waals surface area contributed by atoms with Crippen molar-refractivity contribution < 1.29 is 17.4 Å². The molecule has 2 heteroatoms. The minimum atomic E-state index is -4.30. The second-order valence-corrected chi connectivity index (χ2v) is 32.3. The van der Waals surface area contributed by atoms with Crippen molar-refractivity contribution in [1.29, 1.82) is 0 Å². The fourth-order valence-corrected chi connectivity index (χ4v) is 30.6. The van der Waals surface area contributed by atoms with Crippen LogP contribution >= 0.6 is 0 Å². The second-order valence-electron chi connectivity index (χ2n) is 11.1. The Bertz CT molecular complexity index is 1600. The summed E-state index contributed by atoms with van der Waals surface area (Å²) in [6.45, 7) is 11.4. The molecule has 2 aliphatic carbocycles. The van der Waals surface area contributed by atoms with Crippen LogP contribution in [0, 0.1) is 27.7 Å². The molecule has 0 heterocycles. The zero-order valence-electron chi connectivity index (χ0n) is 21.9. The SMILES string of the molecule is Cc1cc[c]([Zr](=[SiH2])([C]2=CC=CC2)([c]2ccc(C)cc2)[c]2c(C)ccc3c2Cc2cc(C)ccc2-3)cc1. The van der Waals surface area contributed by atoms with Crippen LogP contribution in [0.5, 0.6) is 0 Å². The topological polar surface area (TPSA) is 0 Å². The Labute approximate surface area is 218 Å². The van der Waals surface area contributed by atoms with Crippen molar-refractivity contribution in [3.05, 3.63) is 134 Å². The van der Waals surface area contributed by atoms with Crippen molar-refractivity contribution >= 4 is 16.7 Å². The molecule has 4 aromatic rings. The number of fused-ring (bicyclic) bond motifs is 3. The number of benzene rings is 4. The van der Waals surface area contributed by atoms with Gasteiger partial charge >= 0.3 is 220 Å². The summed E-state index contributed by atoms with van der Waals surface area (Å²) in [5.41, 5.74) is 11.4. The molecule has 0 nitrogen and oxygen atoms in total. The Morgan fingerprint density at radius 2 is 1.25 bits per heavy atom. The summed E-state index contributed by atoms with van der Waals surface area (Å²) in [6, 6.07) is 31.1. The van der Waals surface area contributed by atoms with Crippen LogP contribution in [0.15, 0.2) is 100 Å². The molecule has 36 heavy (non-hydrogen) atoms. The Kier molecular flexibility index (Phi) is 5.63. The van der Waals surface area contributed by atoms with E-state index in [1.807, 2.05) is 0 Å². The van der Waals surface area contributed by atoms with E-state index in [0.29, 0.717) is 0 Å². The van der Waals surface area contributed by atoms with Crippen LogP contribution in [0.1, 0.15) is 39.8 Å². The van der Waals surface area contributed by atoms with E-state index in [9.17, 15) is 0 Å². The first-order valence-corrected chi connectivity index (χ1v) is 23.9. The molecule has 0 saturated carbocycles. The van der Waals surface area contributed by atoms with Crippen LogP contribution in [-0.2, 0) is 23.8 Å². The number of rotatable bonds is 4. The Morgan fingerprint density at radius 3 is 1.83 bits per heavy atom. The molecule has 0 atom stereocenters. The third-order valence-corrected chi connectivity index (χ3v) is 35.2. The van der Waals surface area contributed by atoms with E-state index in [1.165, 1.54) is 38.9 Å². The summed E-state index contributed by atoms with van der Waals surface area (Å²) in [5, 5.41) is 0. The Morgan fingerprint density at radius 1 is 0.667 bits per heavy atom. The summed E-state index contributed by atoms with van der Waals surface area (Å²) in [4.78, 5) is 0. The van der Waals surface area contributed by atoms with Gasteiger partial charge in [-0.05, 0) is 0 Å². The standard InChI is InChI=1S/C15H13.2C7H7.C5H5.H2Si.Zr/c1-10-3-5-14-12(7-10)9-13-8-11(2)4-6-15(13)14;2*1-7-5-3-2-4-6-7;1-2-4-5-3-1;;/h3-7H,9H2,1-2H3;2*3-6H,1H3;1-3H,4H2;1H2;. The number of aryl methyl sites for hydroxylation is 4. The fraction of sp³-hybridized carbons (Fsp3) is 0.176. The van der Waals surface area contributed by atoms with Gasteiger partial charge < -0.3 is 0 Å². The molecule has 0 unspecified atom stereocenters. The van der Waals surface area contributed by atoms with Gasteiger partial charge in [0.15, 0.2) is 0 Å². The van der Waals surface area contributed by atoms with Crippen molar-refractivity contribution in [1.82, 2.24) is 0 Å². The Hall–Kier alpha value is -2.54. The second kappa shape index (κ2) is 8.51. The van der Waals surface area contributed by atoms with Crippen LogP contribution in [0.3, 0.4) is 0 Å². The van der Waals surface area contributed by atoms with Crippen LogP contribution < -0.4 is 9.81 Å². The van der Waals surface area contributed by atoms with Crippen LogP contribution in [0.25, 0.3) is 11.1 Å². The van der Waals surface area contributed by atoms with E-state index in [0.717, 1.165) is 12.8 Å². The van der Waals surface area contributed by atoms with Crippen LogP contribution in [0.4, 0.5) is 0 Å². The van der Waals surface area contributed by atoms with Gasteiger partial charge in [0.05, 0.1) is 0 Å². The molecule has 0 N–H and O–H groups in total. The van der Waals surface area contributed by atoms with Gasteiger partial charge in [-0.15, -0.1) is 0 Å². The predicted molar refractivity (Wildman–Crippen MR) is 156 cm³/mol. The van der Waals surface area contributed by atoms with Gasteiger partial charge in [-0.1, -0.05) is 0 Å². The average Bonchev–Trinajstić information content (AvgIpc) is 3.53. The third-order valence-electron chi connectivity index (χ3n) is 8.85. The van der Waals surface area contributed by atoms with Crippen molar-refractivity contribution in [3.8, 4) is 11.1 Å². The van der Waals surface area contributed by atoms with Gasteiger partial charge in [0.1, 0.15) is 0 Å². The van der Waals surface area contributed by atoms with E-state index in [2.05, 4.69) is 132 Å². The first kappa shape index (κ1) is 23.8. The summed E-state index contributed by atoms with van der Waals surface area (Å²) < 4.78 is 6.44. The first-order chi connectivity index (χ1) is 17.3. The minimum absolute atomic E-state index is 1.03. The molecule has 0 amide bonds. The zero-order chi connectivity index (χ0) is 25.1. The molecule has 0 saturated heterocycles. The normalized spacial score (nSPS) is 14.5. The molecule has 0 aromatic heterocycles. The van der Waals surface area contributed by atoms with E-state index in [4.69, 9.17) is 0 Å². The van der Waals surface area contributed by atoms with Gasteiger partial charge in [0.2, 0.25) is 0 Å². The molecule has 0 spiro atoms. The van der Waals surface area contributed by atoms with Crippen LogP contribution in [-0.4, -0.2) is 6.88 Å². The first-order valence-electron chi connectivity index (χ1n) is 13.1. The van der Waals surface area contributed by atoms with E-state index >= 15 is 0 Å². The van der Waals surface area contributed by atoms with Crippen LogP contribution in [0.2, 0.25) is 0 Å². The summed E-state index contributed by atoms with van der Waals surface area (Å²) in [7, 11) is 0. The predicted octanol–water partition coefficient (Wildman–Crippen LogP) is 5.85. The van der Waals surface area contributed by atoms with Gasteiger partial charge in [-0.3, -0.25) is 0 Å². The quantitative estimate of drug-likeness (QED) is 0.242. The molecule has 0 aliphatic heterocycles. The molecule has 2 aliphatic rings. The van der Waals surface area contributed by atoms with Crippen molar-refractivity contribution in [2.45, 2.75) is 40.5 Å². The van der Waals surface area contributed by atoms with Gasteiger partial charge in [0.25, 0.3) is 0 Å². The molecule has 178 valence electrons. The number of allylic oxidation sites excluding steroid dienone is 4. The van der Waals surface area contributed by atoms with Crippen molar-refractivity contribution in [3.63, 3.8) is 0 Å². The summed E-state index contributed by atoms with van der Waals surface area (Å²) in [6.07, 6.45) is 9.23. The van der Waals surface area contributed by atoms with Crippen molar-refractivity contribution in [2.75, 3.05) is 0 Å². The number of hydrogen-bond acceptors (Lipinski definition) is 0. The monoisotopic (exact) mass is 560 g/mol. The average molecular weight is 562 g/mol.